The van der Waals surface area contributed by atoms with Crippen molar-refractivity contribution in [2.24, 2.45) is 0 Å². The van der Waals surface area contributed by atoms with Gasteiger partial charge in [0.15, 0.2) is 0 Å². The summed E-state index contributed by atoms with van der Waals surface area (Å²) in [7, 11) is 0. The lowest BCUT2D eigenvalue weighted by Crippen LogP contribution is -2.10. The molecule has 0 bridgehead atoms. The number of hydrogen-bond donors (Lipinski definition) is 1. The van der Waals surface area contributed by atoms with Gasteiger partial charge in [-0.25, -0.2) is 14.5 Å². The van der Waals surface area contributed by atoms with E-state index in [1.807, 2.05) is 50.4 Å². The molecule has 0 amide bonds. The Kier molecular flexibility index (Phi) is 5.04. The van der Waals surface area contributed by atoms with Gasteiger partial charge in [-0.2, -0.15) is 4.98 Å². The molecule has 0 fully saturated rings. The summed E-state index contributed by atoms with van der Waals surface area (Å²) < 4.78 is 1.75. The number of nitrogens with one attached hydrogen (secondary N) is 1. The van der Waals surface area contributed by atoms with E-state index in [0.717, 1.165) is 28.1 Å². The van der Waals surface area contributed by atoms with E-state index in [9.17, 15) is 4.79 Å². The summed E-state index contributed by atoms with van der Waals surface area (Å²) in [6.07, 6.45) is 0. The number of thiophene rings is 1. The number of H-pyrrole nitrogens is 1. The van der Waals surface area contributed by atoms with Crippen molar-refractivity contribution in [3.63, 3.8) is 0 Å². The lowest BCUT2D eigenvalue weighted by atomic mass is 10.1. The molecule has 31 heavy (non-hydrogen) atoms. The van der Waals surface area contributed by atoms with Crippen LogP contribution in [0.3, 0.4) is 0 Å². The molecule has 156 valence electrons. The maximum absolute atomic E-state index is 12.9. The van der Waals surface area contributed by atoms with Gasteiger partial charge < -0.3 is 4.98 Å². The second-order valence-electron chi connectivity index (χ2n) is 7.12. The largest absolute Gasteiger partial charge is 0.309 e. The van der Waals surface area contributed by atoms with Crippen molar-refractivity contribution in [1.82, 2.24) is 29.5 Å². The van der Waals surface area contributed by atoms with E-state index in [2.05, 4.69) is 25.0 Å². The quantitative estimate of drug-likeness (QED) is 0.375. The van der Waals surface area contributed by atoms with E-state index in [1.165, 1.54) is 23.1 Å². The van der Waals surface area contributed by atoms with Crippen LogP contribution in [0.25, 0.3) is 27.1 Å². The Morgan fingerprint density at radius 2 is 1.94 bits per heavy atom. The summed E-state index contributed by atoms with van der Waals surface area (Å²) in [5.41, 5.74) is 4.50. The summed E-state index contributed by atoms with van der Waals surface area (Å²) in [4.78, 5) is 30.1. The number of fused-ring (bicyclic) bond motifs is 2. The predicted octanol–water partition coefficient (Wildman–Crippen LogP) is 4.96. The summed E-state index contributed by atoms with van der Waals surface area (Å²) in [6, 6.07) is 7.49. The van der Waals surface area contributed by atoms with Crippen LogP contribution in [-0.4, -0.2) is 29.5 Å². The first-order valence-electron chi connectivity index (χ1n) is 9.51. The Hall–Kier alpha value is -2.75. The normalized spacial score (nSPS) is 11.6. The third kappa shape index (κ3) is 3.52. The van der Waals surface area contributed by atoms with Gasteiger partial charge >= 0.3 is 0 Å². The molecule has 0 aliphatic heterocycles. The zero-order chi connectivity index (χ0) is 21.7. The van der Waals surface area contributed by atoms with E-state index >= 15 is 0 Å². The fourth-order valence-corrected chi connectivity index (χ4v) is 5.25. The molecule has 4 heterocycles. The smallest absolute Gasteiger partial charge is 0.260 e. The van der Waals surface area contributed by atoms with E-state index in [4.69, 9.17) is 11.6 Å². The molecule has 0 aliphatic rings. The number of aromatic nitrogens is 6. The van der Waals surface area contributed by atoms with Crippen LogP contribution in [0.5, 0.6) is 0 Å². The number of nitrogens with zero attached hydrogens (tertiary/aromatic N) is 5. The molecule has 0 radical (unpaired) electrons. The lowest BCUT2D eigenvalue weighted by Gasteiger charge is -2.04. The zero-order valence-corrected chi connectivity index (χ0v) is 19.3. The van der Waals surface area contributed by atoms with Crippen LogP contribution in [0, 0.1) is 20.8 Å². The maximum atomic E-state index is 12.9. The number of aromatic amines is 1. The van der Waals surface area contributed by atoms with Crippen LogP contribution in [-0.2, 0) is 5.75 Å². The Morgan fingerprint density at radius 3 is 2.74 bits per heavy atom. The van der Waals surface area contributed by atoms with Gasteiger partial charge in [0.05, 0.1) is 11.1 Å². The molecule has 5 rings (SSSR count). The van der Waals surface area contributed by atoms with Gasteiger partial charge in [-0.15, -0.1) is 16.4 Å². The number of benzene rings is 1. The average molecular weight is 469 g/mol. The van der Waals surface area contributed by atoms with Crippen LogP contribution in [0.2, 0.25) is 5.02 Å². The number of hydrogen-bond acceptors (Lipinski definition) is 7. The number of rotatable bonds is 4. The minimum atomic E-state index is -0.177. The molecule has 7 nitrogen and oxygen atoms in total. The minimum Gasteiger partial charge on any atom is -0.309 e. The highest BCUT2D eigenvalue weighted by molar-refractivity contribution is 7.98. The highest BCUT2D eigenvalue weighted by Gasteiger charge is 2.16. The first-order chi connectivity index (χ1) is 14.9. The van der Waals surface area contributed by atoms with Gasteiger partial charge in [-0.05, 0) is 32.4 Å². The first kappa shape index (κ1) is 20.2. The molecular formula is C21H17ClN6OS2. The third-order valence-electron chi connectivity index (χ3n) is 5.24. The Bertz CT molecular complexity index is 1520. The summed E-state index contributed by atoms with van der Waals surface area (Å²) >= 11 is 9.17. The van der Waals surface area contributed by atoms with Gasteiger partial charge in [0.1, 0.15) is 10.7 Å². The van der Waals surface area contributed by atoms with Crippen molar-refractivity contribution in [3.8, 4) is 11.1 Å². The van der Waals surface area contributed by atoms with Crippen LogP contribution in [0.1, 0.15) is 22.8 Å². The number of aryl methyl sites for hydroxylation is 2. The molecule has 4 aromatic heterocycles. The van der Waals surface area contributed by atoms with Gasteiger partial charge in [-0.1, -0.05) is 41.6 Å². The van der Waals surface area contributed by atoms with E-state index in [1.54, 1.807) is 4.52 Å². The molecule has 1 aromatic carbocycles. The van der Waals surface area contributed by atoms with Crippen LogP contribution >= 0.6 is 34.7 Å². The van der Waals surface area contributed by atoms with Crippen molar-refractivity contribution < 1.29 is 0 Å². The zero-order valence-electron chi connectivity index (χ0n) is 16.9. The van der Waals surface area contributed by atoms with E-state index in [-0.39, 0.29) is 5.56 Å². The second-order valence-corrected chi connectivity index (χ2v) is 9.33. The standard InChI is InChI=1S/C21H17ClN6OS2/c1-10-11(2)23-20-26-21(27-28(20)12(10)3)31-9-16-24-18(29)17-14(8-30-19(17)25-16)13-6-4-5-7-15(13)22/h4-8H,9H2,1-3H3,(H,24,25,29). The van der Waals surface area contributed by atoms with Gasteiger partial charge in [0.25, 0.3) is 11.3 Å². The van der Waals surface area contributed by atoms with Crippen molar-refractivity contribution in [3.05, 3.63) is 67.8 Å². The Balaban J connectivity index is 1.46. The highest BCUT2D eigenvalue weighted by atomic mass is 35.5. The van der Waals surface area contributed by atoms with Crippen molar-refractivity contribution in [2.45, 2.75) is 31.7 Å². The SMILES string of the molecule is Cc1nc2nc(SCc3nc4scc(-c5ccccc5Cl)c4c(=O)[nH]3)nn2c(C)c1C. The molecule has 0 unspecified atom stereocenters. The molecule has 0 saturated carbocycles. The average Bonchev–Trinajstić information content (AvgIpc) is 3.35. The van der Waals surface area contributed by atoms with Crippen molar-refractivity contribution >= 4 is 50.7 Å². The highest BCUT2D eigenvalue weighted by Crippen LogP contribution is 2.35. The topological polar surface area (TPSA) is 88.8 Å². The molecular weight excluding hydrogens is 452 g/mol. The monoisotopic (exact) mass is 468 g/mol. The van der Waals surface area contributed by atoms with Crippen molar-refractivity contribution in [2.75, 3.05) is 0 Å². The van der Waals surface area contributed by atoms with Gasteiger partial charge in [0.2, 0.25) is 5.16 Å². The number of thioether (sulfide) groups is 1. The number of halogens is 1. The molecule has 0 spiro atoms. The van der Waals surface area contributed by atoms with Gasteiger partial charge in [0, 0.05) is 32.9 Å². The molecule has 0 saturated heterocycles. The van der Waals surface area contributed by atoms with Gasteiger partial charge in [-0.3, -0.25) is 4.79 Å². The molecule has 1 N–H and O–H groups in total. The summed E-state index contributed by atoms with van der Waals surface area (Å²) in [6.45, 7) is 5.99. The minimum absolute atomic E-state index is 0.177. The second kappa shape index (κ2) is 7.74. The van der Waals surface area contributed by atoms with Crippen LogP contribution in [0.4, 0.5) is 0 Å². The first-order valence-corrected chi connectivity index (χ1v) is 11.8. The third-order valence-corrected chi connectivity index (χ3v) is 7.29. The van der Waals surface area contributed by atoms with E-state index in [0.29, 0.717) is 37.8 Å². The Morgan fingerprint density at radius 1 is 1.13 bits per heavy atom. The van der Waals surface area contributed by atoms with Crippen molar-refractivity contribution in [1.29, 1.82) is 0 Å². The summed E-state index contributed by atoms with van der Waals surface area (Å²) in [5.74, 6) is 1.59. The predicted molar refractivity (Wildman–Crippen MR) is 125 cm³/mol. The fourth-order valence-electron chi connectivity index (χ4n) is 3.37. The van der Waals surface area contributed by atoms with Crippen LogP contribution in [0.15, 0.2) is 39.6 Å². The maximum Gasteiger partial charge on any atom is 0.260 e. The molecule has 0 atom stereocenters. The lowest BCUT2D eigenvalue weighted by molar-refractivity contribution is 0.832. The summed E-state index contributed by atoms with van der Waals surface area (Å²) in [5, 5.41) is 8.22. The van der Waals surface area contributed by atoms with Crippen LogP contribution < -0.4 is 5.56 Å². The van der Waals surface area contributed by atoms with E-state index < -0.39 is 0 Å². The fraction of sp³-hybridized carbons (Fsp3) is 0.190. The molecule has 5 aromatic rings. The molecule has 0 aliphatic carbocycles. The Labute approximate surface area is 190 Å². The molecule has 10 heteroatoms.